The molecule has 0 bridgehead atoms. The number of hydrogen-bond acceptors (Lipinski definition) is 6. The number of ether oxygens (including phenoxy) is 1. The fourth-order valence-corrected chi connectivity index (χ4v) is 6.14. The second-order valence-electron chi connectivity index (χ2n) is 10.2. The quantitative estimate of drug-likeness (QED) is 0.458. The molecule has 1 fully saturated rings. The predicted octanol–water partition coefficient (Wildman–Crippen LogP) is 4.95. The summed E-state index contributed by atoms with van der Waals surface area (Å²) < 4.78 is 31.8. The molecule has 1 saturated heterocycles. The molecule has 0 spiro atoms. The van der Waals surface area contributed by atoms with E-state index in [0.717, 1.165) is 0 Å². The first-order chi connectivity index (χ1) is 17.3. The number of rotatable bonds is 9. The summed E-state index contributed by atoms with van der Waals surface area (Å²) in [6.45, 7) is 5.98. The van der Waals surface area contributed by atoms with Crippen molar-refractivity contribution in [3.05, 3.63) is 69.7 Å². The zero-order chi connectivity index (χ0) is 27.5. The zero-order valence-electron chi connectivity index (χ0n) is 21.4. The Morgan fingerprint density at radius 3 is 2.27 bits per heavy atom. The maximum absolute atomic E-state index is 13.9. The average molecular weight is 571 g/mol. The van der Waals surface area contributed by atoms with E-state index in [2.05, 4.69) is 0 Å². The summed E-state index contributed by atoms with van der Waals surface area (Å²) in [5.41, 5.74) is 1.36. The van der Waals surface area contributed by atoms with E-state index in [4.69, 9.17) is 27.9 Å². The number of carbonyl (C=O) groups is 2. The van der Waals surface area contributed by atoms with Crippen LogP contribution >= 0.6 is 23.2 Å². The Morgan fingerprint density at radius 1 is 1.08 bits per heavy atom. The van der Waals surface area contributed by atoms with Crippen LogP contribution in [-0.4, -0.2) is 59.4 Å². The van der Waals surface area contributed by atoms with Gasteiger partial charge in [0.25, 0.3) is 5.91 Å². The fraction of sp³-hybridized carbons (Fsp3) is 0.481. The Labute approximate surface area is 228 Å². The predicted molar refractivity (Wildman–Crippen MR) is 144 cm³/mol. The van der Waals surface area contributed by atoms with Gasteiger partial charge in [-0.3, -0.25) is 9.59 Å². The lowest BCUT2D eigenvalue weighted by molar-refractivity contribution is -0.180. The van der Waals surface area contributed by atoms with Crippen molar-refractivity contribution in [1.29, 1.82) is 0 Å². The number of Topliss-reactive ketones (excluding diaryl/α,β-unsaturated/α-hetero) is 1. The van der Waals surface area contributed by atoms with Crippen LogP contribution in [0.15, 0.2) is 48.5 Å². The van der Waals surface area contributed by atoms with Gasteiger partial charge in [0, 0.05) is 22.5 Å². The molecule has 2 aromatic rings. The van der Waals surface area contributed by atoms with Crippen LogP contribution in [0.2, 0.25) is 10.0 Å². The highest BCUT2D eigenvalue weighted by Gasteiger charge is 2.48. The van der Waals surface area contributed by atoms with Crippen LogP contribution in [0.25, 0.3) is 0 Å². The van der Waals surface area contributed by atoms with Crippen LogP contribution in [0.5, 0.6) is 0 Å². The summed E-state index contributed by atoms with van der Waals surface area (Å²) in [4.78, 5) is 27.7. The van der Waals surface area contributed by atoms with Gasteiger partial charge in [-0.05, 0) is 62.6 Å². The molecule has 0 radical (unpaired) electrons. The van der Waals surface area contributed by atoms with E-state index in [9.17, 15) is 23.1 Å². The lowest BCUT2D eigenvalue weighted by atomic mass is 9.89. The molecule has 2 aromatic carbocycles. The third kappa shape index (κ3) is 6.73. The van der Waals surface area contributed by atoms with Crippen molar-refractivity contribution in [3.63, 3.8) is 0 Å². The number of sulfone groups is 1. The SMILES string of the molecule is CCC(CS(=O)(=O)C(C)(C)C)N1C(=O)[C@@H](CC(=O)CO)O[C@H](c2cccc(Cl)c2)[C@H]1c1ccc(Cl)cc1. The third-order valence-corrected chi connectivity index (χ3v) is 9.79. The topological polar surface area (TPSA) is 101 Å². The number of ketones is 1. The molecule has 7 nitrogen and oxygen atoms in total. The second-order valence-corrected chi connectivity index (χ2v) is 13.9. The lowest BCUT2D eigenvalue weighted by Gasteiger charge is -2.48. The summed E-state index contributed by atoms with van der Waals surface area (Å²) in [6.07, 6.45) is -1.94. The van der Waals surface area contributed by atoms with Gasteiger partial charge in [0.05, 0.1) is 16.5 Å². The first-order valence-electron chi connectivity index (χ1n) is 12.1. The van der Waals surface area contributed by atoms with Crippen molar-refractivity contribution in [1.82, 2.24) is 4.90 Å². The first-order valence-corrected chi connectivity index (χ1v) is 14.5. The van der Waals surface area contributed by atoms with Crippen LogP contribution in [0.4, 0.5) is 0 Å². The van der Waals surface area contributed by atoms with Gasteiger partial charge in [0.15, 0.2) is 15.6 Å². The van der Waals surface area contributed by atoms with Crippen molar-refractivity contribution in [3.8, 4) is 0 Å². The van der Waals surface area contributed by atoms with Crippen LogP contribution in [0.3, 0.4) is 0 Å². The standard InChI is InChI=1S/C27H33Cl2NO6S/c1-5-21(16-37(34,35)27(2,3)4)30-24(17-9-11-19(28)12-10-17)25(18-7-6-8-20(29)13-18)36-23(26(30)33)14-22(32)15-31/h6-13,21,23-25,31H,5,14-16H2,1-4H3/t21?,23-,24-,25-/m1/s1. The first kappa shape index (κ1) is 29.6. The number of amides is 1. The van der Waals surface area contributed by atoms with Gasteiger partial charge >= 0.3 is 0 Å². The molecular formula is C27H33Cl2NO6S. The van der Waals surface area contributed by atoms with Crippen LogP contribution < -0.4 is 0 Å². The number of nitrogens with zero attached hydrogens (tertiary/aromatic N) is 1. The van der Waals surface area contributed by atoms with Gasteiger partial charge in [0.2, 0.25) is 0 Å². The number of morpholine rings is 1. The maximum atomic E-state index is 13.9. The number of aliphatic hydroxyl groups excluding tert-OH is 1. The molecule has 1 N–H and O–H groups in total. The van der Waals surface area contributed by atoms with Crippen molar-refractivity contribution >= 4 is 44.7 Å². The average Bonchev–Trinajstić information content (AvgIpc) is 2.83. The molecule has 0 saturated carbocycles. The maximum Gasteiger partial charge on any atom is 0.253 e. The van der Waals surface area contributed by atoms with Crippen LogP contribution in [0.1, 0.15) is 63.8 Å². The lowest BCUT2D eigenvalue weighted by Crippen LogP contribution is -2.57. The van der Waals surface area contributed by atoms with Gasteiger partial charge in [0.1, 0.15) is 18.8 Å². The van der Waals surface area contributed by atoms with Crippen molar-refractivity contribution in [2.75, 3.05) is 12.4 Å². The molecule has 1 amide bonds. The minimum Gasteiger partial charge on any atom is -0.389 e. The summed E-state index contributed by atoms with van der Waals surface area (Å²) in [5, 5.41) is 10.3. The Kier molecular flexibility index (Phi) is 9.46. The molecule has 0 aromatic heterocycles. The largest absolute Gasteiger partial charge is 0.389 e. The highest BCUT2D eigenvalue weighted by atomic mass is 35.5. The second kappa shape index (κ2) is 11.8. The molecule has 1 aliphatic heterocycles. The molecule has 202 valence electrons. The third-order valence-electron chi connectivity index (χ3n) is 6.61. The molecule has 0 aliphatic carbocycles. The normalized spacial score (nSPS) is 21.6. The Hall–Kier alpha value is -1.97. The summed E-state index contributed by atoms with van der Waals surface area (Å²) in [7, 11) is -3.61. The van der Waals surface area contributed by atoms with E-state index < -0.39 is 57.2 Å². The minimum absolute atomic E-state index is 0.258. The molecule has 1 heterocycles. The Bertz CT molecular complexity index is 1230. The fourth-order valence-electron chi connectivity index (χ4n) is 4.41. The van der Waals surface area contributed by atoms with Gasteiger partial charge in [-0.2, -0.15) is 0 Å². The number of carbonyl (C=O) groups excluding carboxylic acids is 2. The number of hydrogen-bond donors (Lipinski definition) is 1. The molecule has 1 unspecified atom stereocenters. The highest BCUT2D eigenvalue weighted by Crippen LogP contribution is 2.45. The van der Waals surface area contributed by atoms with Gasteiger partial charge in [-0.15, -0.1) is 0 Å². The van der Waals surface area contributed by atoms with Crippen LogP contribution in [-0.2, 0) is 24.2 Å². The van der Waals surface area contributed by atoms with E-state index in [1.807, 2.05) is 13.0 Å². The van der Waals surface area contributed by atoms with E-state index in [-0.39, 0.29) is 12.2 Å². The van der Waals surface area contributed by atoms with Gasteiger partial charge in [-0.25, -0.2) is 8.42 Å². The van der Waals surface area contributed by atoms with E-state index in [0.29, 0.717) is 27.6 Å². The van der Waals surface area contributed by atoms with E-state index in [1.54, 1.807) is 68.1 Å². The summed E-state index contributed by atoms with van der Waals surface area (Å²) in [6, 6.07) is 12.5. The van der Waals surface area contributed by atoms with Crippen LogP contribution in [0, 0.1) is 0 Å². The molecule has 3 rings (SSSR count). The molecule has 1 aliphatic rings. The smallest absolute Gasteiger partial charge is 0.253 e. The highest BCUT2D eigenvalue weighted by molar-refractivity contribution is 7.92. The van der Waals surface area contributed by atoms with Crippen molar-refractivity contribution in [2.24, 2.45) is 0 Å². The van der Waals surface area contributed by atoms with Crippen molar-refractivity contribution in [2.45, 2.75) is 69.6 Å². The molecular weight excluding hydrogens is 537 g/mol. The van der Waals surface area contributed by atoms with Gasteiger partial charge < -0.3 is 14.7 Å². The molecule has 10 heteroatoms. The zero-order valence-corrected chi connectivity index (χ0v) is 23.7. The summed E-state index contributed by atoms with van der Waals surface area (Å²) in [5.74, 6) is -1.31. The molecule has 37 heavy (non-hydrogen) atoms. The number of benzene rings is 2. The number of aliphatic hydroxyl groups is 1. The summed E-state index contributed by atoms with van der Waals surface area (Å²) >= 11 is 12.4. The monoisotopic (exact) mass is 569 g/mol. The Balaban J connectivity index is 2.21. The minimum atomic E-state index is -3.61. The van der Waals surface area contributed by atoms with Gasteiger partial charge in [-0.1, -0.05) is 54.4 Å². The number of halogens is 2. The van der Waals surface area contributed by atoms with E-state index in [1.165, 1.54) is 0 Å². The Morgan fingerprint density at radius 2 is 1.73 bits per heavy atom. The molecule has 4 atom stereocenters. The van der Waals surface area contributed by atoms with E-state index >= 15 is 0 Å². The van der Waals surface area contributed by atoms with Crippen molar-refractivity contribution < 1.29 is 27.9 Å².